The lowest BCUT2D eigenvalue weighted by Crippen LogP contribution is -2.49. The van der Waals surface area contributed by atoms with E-state index in [-0.39, 0.29) is 59.5 Å². The summed E-state index contributed by atoms with van der Waals surface area (Å²) in [5.41, 5.74) is 0.391. The highest BCUT2D eigenvalue weighted by atomic mass is 32.2. The predicted octanol–water partition coefficient (Wildman–Crippen LogP) is 4.33. The number of rotatable bonds is 8. The fourth-order valence-electron chi connectivity index (χ4n) is 4.97. The van der Waals surface area contributed by atoms with Crippen LogP contribution in [0, 0.1) is 5.92 Å². The molecule has 1 aliphatic heterocycles. The van der Waals surface area contributed by atoms with E-state index in [4.69, 9.17) is 9.47 Å². The summed E-state index contributed by atoms with van der Waals surface area (Å²) in [6, 6.07) is 11.9. The highest BCUT2D eigenvalue weighted by Gasteiger charge is 2.31. The first-order valence-electron chi connectivity index (χ1n) is 15.3. The molecule has 0 saturated carbocycles. The first-order valence-corrected chi connectivity index (χ1v) is 16.7. The van der Waals surface area contributed by atoms with Gasteiger partial charge < -0.3 is 29.7 Å². The molecule has 12 heteroatoms. The van der Waals surface area contributed by atoms with Gasteiger partial charge in [-0.15, -0.1) is 0 Å². The number of hydrogen-bond donors (Lipinski definition) is 3. The van der Waals surface area contributed by atoms with Crippen molar-refractivity contribution in [3.05, 3.63) is 54.1 Å². The van der Waals surface area contributed by atoms with E-state index < -0.39 is 22.0 Å². The molecule has 0 fully saturated rings. The van der Waals surface area contributed by atoms with Crippen molar-refractivity contribution in [2.45, 2.75) is 83.1 Å². The summed E-state index contributed by atoms with van der Waals surface area (Å²) in [5.74, 6) is -0.292. The van der Waals surface area contributed by atoms with E-state index >= 15 is 0 Å². The molecule has 3 N–H and O–H groups in total. The van der Waals surface area contributed by atoms with Gasteiger partial charge in [-0.2, -0.15) is 0 Å². The molecule has 44 heavy (non-hydrogen) atoms. The number of anilines is 1. The van der Waals surface area contributed by atoms with E-state index in [1.165, 1.54) is 18.2 Å². The molecule has 11 nitrogen and oxygen atoms in total. The van der Waals surface area contributed by atoms with Gasteiger partial charge >= 0.3 is 6.03 Å². The Morgan fingerprint density at radius 2 is 1.82 bits per heavy atom. The van der Waals surface area contributed by atoms with Crippen LogP contribution in [-0.2, 0) is 14.8 Å². The van der Waals surface area contributed by atoms with E-state index in [1.807, 2.05) is 27.7 Å². The van der Waals surface area contributed by atoms with E-state index in [0.29, 0.717) is 25.3 Å². The number of aliphatic hydroxyl groups excluding tert-OH is 1. The Kier molecular flexibility index (Phi) is 12.9. The Morgan fingerprint density at radius 1 is 1.11 bits per heavy atom. The minimum atomic E-state index is -3.90. The summed E-state index contributed by atoms with van der Waals surface area (Å²) < 4.78 is 41.2. The van der Waals surface area contributed by atoms with Crippen LogP contribution in [0.3, 0.4) is 0 Å². The first-order chi connectivity index (χ1) is 20.8. The predicted molar refractivity (Wildman–Crippen MR) is 170 cm³/mol. The van der Waals surface area contributed by atoms with E-state index in [9.17, 15) is 23.1 Å². The number of carbonyl (C=O) groups excluding carboxylic acids is 2. The molecule has 0 aliphatic carbocycles. The summed E-state index contributed by atoms with van der Waals surface area (Å²) in [7, 11) is -2.19. The van der Waals surface area contributed by atoms with Crippen molar-refractivity contribution in [3.63, 3.8) is 0 Å². The SMILES string of the molecule is CC(C)NC(=O)N(C)C[C@H]1OCCCC[C@H](C)Oc2ccc(NS(=O)(=O)c3ccccc3)cc2C(=O)N([C@@H](C)CO)C[C@H]1C. The van der Waals surface area contributed by atoms with Crippen molar-refractivity contribution in [1.29, 1.82) is 0 Å². The van der Waals surface area contributed by atoms with Gasteiger partial charge in [0.15, 0.2) is 0 Å². The number of nitrogens with one attached hydrogen (secondary N) is 2. The second kappa shape index (κ2) is 16.1. The molecule has 4 atom stereocenters. The van der Waals surface area contributed by atoms with Gasteiger partial charge in [0.05, 0.1) is 35.3 Å². The van der Waals surface area contributed by atoms with Crippen LogP contribution in [0.5, 0.6) is 5.75 Å². The molecular formula is C32H48N4O7S. The normalized spacial score (nSPS) is 21.0. The Balaban J connectivity index is 1.98. The van der Waals surface area contributed by atoms with Crippen molar-refractivity contribution >= 4 is 27.6 Å². The van der Waals surface area contributed by atoms with Gasteiger partial charge in [-0.3, -0.25) is 9.52 Å². The number of sulfonamides is 1. The Hall–Kier alpha value is -3.35. The number of aliphatic hydroxyl groups is 1. The van der Waals surface area contributed by atoms with E-state index in [2.05, 4.69) is 10.0 Å². The number of amides is 3. The van der Waals surface area contributed by atoms with Crippen molar-refractivity contribution in [2.24, 2.45) is 5.92 Å². The number of ether oxygens (including phenoxy) is 2. The van der Waals surface area contributed by atoms with Crippen LogP contribution in [0.2, 0.25) is 0 Å². The zero-order chi connectivity index (χ0) is 32.4. The van der Waals surface area contributed by atoms with Gasteiger partial charge in [0.1, 0.15) is 5.75 Å². The lowest BCUT2D eigenvalue weighted by atomic mass is 10.0. The second-order valence-corrected chi connectivity index (χ2v) is 13.6. The monoisotopic (exact) mass is 632 g/mol. The number of urea groups is 1. The second-order valence-electron chi connectivity index (χ2n) is 11.9. The average Bonchev–Trinajstić information content (AvgIpc) is 2.98. The number of fused-ring (bicyclic) bond motifs is 1. The van der Waals surface area contributed by atoms with Crippen LogP contribution in [0.25, 0.3) is 0 Å². The Bertz CT molecular complexity index is 1340. The molecule has 2 aromatic carbocycles. The smallest absolute Gasteiger partial charge is 0.317 e. The topological polar surface area (TPSA) is 138 Å². The molecule has 0 radical (unpaired) electrons. The van der Waals surface area contributed by atoms with Crippen LogP contribution in [-0.4, -0.2) is 92.9 Å². The van der Waals surface area contributed by atoms with E-state index in [0.717, 1.165) is 12.8 Å². The van der Waals surface area contributed by atoms with E-state index in [1.54, 1.807) is 54.1 Å². The first kappa shape index (κ1) is 35.1. The lowest BCUT2D eigenvalue weighted by Gasteiger charge is -2.36. The molecule has 0 aromatic heterocycles. The fourth-order valence-corrected chi connectivity index (χ4v) is 6.04. The van der Waals surface area contributed by atoms with Crippen LogP contribution in [0.4, 0.5) is 10.5 Å². The van der Waals surface area contributed by atoms with Crippen molar-refractivity contribution in [1.82, 2.24) is 15.1 Å². The molecule has 3 amide bonds. The van der Waals surface area contributed by atoms with Crippen LogP contribution >= 0.6 is 0 Å². The summed E-state index contributed by atoms with van der Waals surface area (Å²) in [5, 5.41) is 13.0. The number of carbonyl (C=O) groups is 2. The zero-order valence-electron chi connectivity index (χ0n) is 26.7. The van der Waals surface area contributed by atoms with Gasteiger partial charge in [-0.05, 0) is 77.3 Å². The number of likely N-dealkylation sites (N-methyl/N-ethyl adjacent to an activating group) is 1. The van der Waals surface area contributed by atoms with Crippen molar-refractivity contribution < 1.29 is 32.6 Å². The molecule has 2 aromatic rings. The maximum atomic E-state index is 14.2. The standard InChI is InChI=1S/C32H48N4O7S/c1-22(2)33-32(39)35(6)20-30-23(3)19-36(24(4)21-37)31(38)28-18-26(34-44(40,41)27-13-8-7-9-14-27)15-16-29(28)43-25(5)12-10-11-17-42-30/h7-9,13-16,18,22-25,30,34,37H,10-12,17,19-21H2,1-6H3,(H,33,39)/t23-,24+,25+,30-/m1/s1. The third-order valence-electron chi connectivity index (χ3n) is 7.57. The number of benzene rings is 2. The third-order valence-corrected chi connectivity index (χ3v) is 8.97. The molecule has 0 saturated heterocycles. The number of hydrogen-bond acceptors (Lipinski definition) is 7. The zero-order valence-corrected chi connectivity index (χ0v) is 27.5. The maximum Gasteiger partial charge on any atom is 0.317 e. The Morgan fingerprint density at radius 3 is 2.48 bits per heavy atom. The molecule has 1 aliphatic rings. The minimum Gasteiger partial charge on any atom is -0.490 e. The lowest BCUT2D eigenvalue weighted by molar-refractivity contribution is -0.0122. The summed E-state index contributed by atoms with van der Waals surface area (Å²) in [4.78, 5) is 30.1. The summed E-state index contributed by atoms with van der Waals surface area (Å²) in [6.07, 6.45) is 1.74. The minimum absolute atomic E-state index is 0.0165. The highest BCUT2D eigenvalue weighted by molar-refractivity contribution is 7.92. The van der Waals surface area contributed by atoms with Crippen molar-refractivity contribution in [2.75, 3.05) is 38.1 Å². The van der Waals surface area contributed by atoms with Gasteiger partial charge in [0.2, 0.25) is 0 Å². The summed E-state index contributed by atoms with van der Waals surface area (Å²) >= 11 is 0. The quantitative estimate of drug-likeness (QED) is 0.394. The fraction of sp³-hybridized carbons (Fsp3) is 0.562. The highest BCUT2D eigenvalue weighted by Crippen LogP contribution is 2.29. The Labute approximate surface area is 262 Å². The molecule has 1 heterocycles. The molecular weight excluding hydrogens is 584 g/mol. The van der Waals surface area contributed by atoms with Gasteiger partial charge in [-0.1, -0.05) is 25.1 Å². The molecule has 0 unspecified atom stereocenters. The molecule has 0 bridgehead atoms. The number of nitrogens with zero attached hydrogens (tertiary/aromatic N) is 2. The summed E-state index contributed by atoms with van der Waals surface area (Å²) in [6.45, 7) is 10.2. The van der Waals surface area contributed by atoms with Crippen LogP contribution in [0.15, 0.2) is 53.4 Å². The largest absolute Gasteiger partial charge is 0.490 e. The molecule has 244 valence electrons. The average molecular weight is 633 g/mol. The van der Waals surface area contributed by atoms with Crippen LogP contribution < -0.4 is 14.8 Å². The molecule has 3 rings (SSSR count). The van der Waals surface area contributed by atoms with Gasteiger partial charge in [0, 0.05) is 44.4 Å². The molecule has 0 spiro atoms. The van der Waals surface area contributed by atoms with Crippen LogP contribution in [0.1, 0.15) is 64.2 Å². The maximum absolute atomic E-state index is 14.2. The van der Waals surface area contributed by atoms with Gasteiger partial charge in [0.25, 0.3) is 15.9 Å². The van der Waals surface area contributed by atoms with Gasteiger partial charge in [-0.25, -0.2) is 13.2 Å². The van der Waals surface area contributed by atoms with Crippen molar-refractivity contribution in [3.8, 4) is 5.75 Å². The third kappa shape index (κ3) is 9.83.